The molecule has 29 heavy (non-hydrogen) atoms. The summed E-state index contributed by atoms with van der Waals surface area (Å²) in [5, 5.41) is 2.80. The van der Waals surface area contributed by atoms with Crippen molar-refractivity contribution in [3.8, 4) is 5.75 Å². The molecule has 1 saturated heterocycles. The van der Waals surface area contributed by atoms with Gasteiger partial charge < -0.3 is 19.7 Å². The quantitative estimate of drug-likeness (QED) is 0.775. The molecule has 0 aliphatic carbocycles. The normalized spacial score (nSPS) is 14.9. The minimum Gasteiger partial charge on any atom is -0.484 e. The van der Waals surface area contributed by atoms with E-state index in [2.05, 4.69) is 19.2 Å². The van der Waals surface area contributed by atoms with Gasteiger partial charge in [-0.25, -0.2) is 0 Å². The summed E-state index contributed by atoms with van der Waals surface area (Å²) in [4.78, 5) is 26.9. The number of carbonyl (C=O) groups excluding carboxylic acids is 2. The van der Waals surface area contributed by atoms with E-state index in [4.69, 9.17) is 9.47 Å². The molecule has 1 atom stereocenters. The second-order valence-electron chi connectivity index (χ2n) is 7.17. The molecule has 2 aromatic rings. The van der Waals surface area contributed by atoms with Gasteiger partial charge >= 0.3 is 0 Å². The molecule has 2 aromatic carbocycles. The Kier molecular flexibility index (Phi) is 7.25. The van der Waals surface area contributed by atoms with Crippen molar-refractivity contribution in [3.05, 3.63) is 59.7 Å². The third kappa shape index (κ3) is 5.57. The van der Waals surface area contributed by atoms with E-state index in [1.165, 1.54) is 5.56 Å². The Hall–Kier alpha value is -2.86. The number of benzene rings is 2. The van der Waals surface area contributed by atoms with Crippen LogP contribution in [-0.4, -0.2) is 49.6 Å². The lowest BCUT2D eigenvalue weighted by Gasteiger charge is -2.27. The molecule has 0 saturated carbocycles. The number of hydrogen-bond donors (Lipinski definition) is 1. The summed E-state index contributed by atoms with van der Waals surface area (Å²) >= 11 is 0. The standard InChI is InChI=1S/C23H28N2O4/c1-3-17(2)18-8-10-19(11-9-18)29-16-22(26)24-21-7-5-4-6-20(21)23(27)25-12-14-28-15-13-25/h4-11,17H,3,12-16H2,1-2H3,(H,24,26). The highest BCUT2D eigenvalue weighted by Crippen LogP contribution is 2.22. The van der Waals surface area contributed by atoms with Crippen LogP contribution < -0.4 is 10.1 Å². The minimum atomic E-state index is -0.307. The van der Waals surface area contributed by atoms with Crippen LogP contribution in [0.1, 0.15) is 42.1 Å². The number of ether oxygens (including phenoxy) is 2. The average Bonchev–Trinajstić information content (AvgIpc) is 2.78. The summed E-state index contributed by atoms with van der Waals surface area (Å²) in [6.07, 6.45) is 1.07. The smallest absolute Gasteiger partial charge is 0.262 e. The number of nitrogens with zero attached hydrogens (tertiary/aromatic N) is 1. The third-order valence-electron chi connectivity index (χ3n) is 5.16. The molecule has 1 aliphatic rings. The predicted octanol–water partition coefficient (Wildman–Crippen LogP) is 3.69. The summed E-state index contributed by atoms with van der Waals surface area (Å²) in [6, 6.07) is 14.8. The van der Waals surface area contributed by atoms with E-state index in [1.807, 2.05) is 24.3 Å². The van der Waals surface area contributed by atoms with Crippen LogP contribution in [-0.2, 0) is 9.53 Å². The fourth-order valence-electron chi connectivity index (χ4n) is 3.18. The van der Waals surface area contributed by atoms with Gasteiger partial charge in [0.15, 0.2) is 6.61 Å². The molecule has 6 nitrogen and oxygen atoms in total. The van der Waals surface area contributed by atoms with Gasteiger partial charge in [0, 0.05) is 13.1 Å². The van der Waals surface area contributed by atoms with Gasteiger partial charge in [0.1, 0.15) is 5.75 Å². The zero-order valence-electron chi connectivity index (χ0n) is 17.0. The Morgan fingerprint density at radius 3 is 2.48 bits per heavy atom. The molecule has 6 heteroatoms. The average molecular weight is 396 g/mol. The van der Waals surface area contributed by atoms with E-state index in [0.717, 1.165) is 6.42 Å². The maximum atomic E-state index is 12.8. The number of rotatable bonds is 7. The molecule has 0 radical (unpaired) electrons. The minimum absolute atomic E-state index is 0.106. The van der Waals surface area contributed by atoms with Gasteiger partial charge in [0.25, 0.3) is 11.8 Å². The Morgan fingerprint density at radius 1 is 1.10 bits per heavy atom. The van der Waals surface area contributed by atoms with Crippen molar-refractivity contribution in [2.45, 2.75) is 26.2 Å². The van der Waals surface area contributed by atoms with Crippen molar-refractivity contribution in [3.63, 3.8) is 0 Å². The molecule has 1 unspecified atom stereocenters. The molecular formula is C23H28N2O4. The summed E-state index contributed by atoms with van der Waals surface area (Å²) in [5.41, 5.74) is 2.21. The fourth-order valence-corrected chi connectivity index (χ4v) is 3.18. The first kappa shape index (κ1) is 20.9. The lowest BCUT2D eigenvalue weighted by atomic mass is 9.99. The number of carbonyl (C=O) groups is 2. The SMILES string of the molecule is CCC(C)c1ccc(OCC(=O)Nc2ccccc2C(=O)N2CCOCC2)cc1. The van der Waals surface area contributed by atoms with E-state index in [1.54, 1.807) is 29.2 Å². The van der Waals surface area contributed by atoms with Crippen molar-refractivity contribution in [1.82, 2.24) is 4.90 Å². The Bertz CT molecular complexity index is 829. The van der Waals surface area contributed by atoms with Gasteiger partial charge in [-0.1, -0.05) is 38.1 Å². The highest BCUT2D eigenvalue weighted by molar-refractivity contribution is 6.04. The first-order chi connectivity index (χ1) is 14.1. The molecule has 154 valence electrons. The number of amides is 2. The van der Waals surface area contributed by atoms with Gasteiger partial charge in [0.2, 0.25) is 0 Å². The molecule has 2 amide bonds. The van der Waals surface area contributed by atoms with E-state index >= 15 is 0 Å². The number of hydrogen-bond acceptors (Lipinski definition) is 4. The van der Waals surface area contributed by atoms with Crippen molar-refractivity contribution in [1.29, 1.82) is 0 Å². The van der Waals surface area contributed by atoms with E-state index in [0.29, 0.717) is 49.2 Å². The van der Waals surface area contributed by atoms with Crippen LogP contribution >= 0.6 is 0 Å². The Balaban J connectivity index is 1.58. The summed E-state index contributed by atoms with van der Waals surface area (Å²) < 4.78 is 10.9. The Morgan fingerprint density at radius 2 is 1.79 bits per heavy atom. The lowest BCUT2D eigenvalue weighted by molar-refractivity contribution is -0.118. The summed E-state index contributed by atoms with van der Waals surface area (Å²) in [7, 11) is 0. The lowest BCUT2D eigenvalue weighted by Crippen LogP contribution is -2.41. The van der Waals surface area contributed by atoms with Gasteiger partial charge in [-0.15, -0.1) is 0 Å². The third-order valence-corrected chi connectivity index (χ3v) is 5.16. The topological polar surface area (TPSA) is 67.9 Å². The van der Waals surface area contributed by atoms with Crippen LogP contribution in [0.5, 0.6) is 5.75 Å². The Labute approximate surface area is 171 Å². The van der Waals surface area contributed by atoms with Crippen molar-refractivity contribution < 1.29 is 19.1 Å². The van der Waals surface area contributed by atoms with Crippen LogP contribution in [0.2, 0.25) is 0 Å². The fraction of sp³-hybridized carbons (Fsp3) is 0.391. The van der Waals surface area contributed by atoms with Crippen LogP contribution in [0.4, 0.5) is 5.69 Å². The molecule has 1 fully saturated rings. The molecule has 1 aliphatic heterocycles. The second kappa shape index (κ2) is 10.1. The monoisotopic (exact) mass is 396 g/mol. The zero-order chi connectivity index (χ0) is 20.6. The number of nitrogens with one attached hydrogen (secondary N) is 1. The molecule has 3 rings (SSSR count). The van der Waals surface area contributed by atoms with Crippen molar-refractivity contribution in [2.24, 2.45) is 0 Å². The van der Waals surface area contributed by atoms with E-state index < -0.39 is 0 Å². The zero-order valence-corrected chi connectivity index (χ0v) is 17.0. The van der Waals surface area contributed by atoms with Crippen molar-refractivity contribution >= 4 is 17.5 Å². The highest BCUT2D eigenvalue weighted by atomic mass is 16.5. The van der Waals surface area contributed by atoms with Crippen LogP contribution in [0, 0.1) is 0 Å². The number of para-hydroxylation sites is 1. The first-order valence-corrected chi connectivity index (χ1v) is 10.1. The second-order valence-corrected chi connectivity index (χ2v) is 7.17. The molecule has 0 aromatic heterocycles. The first-order valence-electron chi connectivity index (χ1n) is 10.1. The highest BCUT2D eigenvalue weighted by Gasteiger charge is 2.21. The van der Waals surface area contributed by atoms with Gasteiger partial charge in [-0.3, -0.25) is 9.59 Å². The molecule has 1 heterocycles. The summed E-state index contributed by atoms with van der Waals surface area (Å²) in [6.45, 7) is 6.38. The molecule has 0 spiro atoms. The van der Waals surface area contributed by atoms with Crippen LogP contribution in [0.25, 0.3) is 0 Å². The largest absolute Gasteiger partial charge is 0.484 e. The maximum Gasteiger partial charge on any atom is 0.262 e. The molecule has 0 bridgehead atoms. The number of morpholine rings is 1. The van der Waals surface area contributed by atoms with Crippen LogP contribution in [0.3, 0.4) is 0 Å². The van der Waals surface area contributed by atoms with Crippen molar-refractivity contribution in [2.75, 3.05) is 38.2 Å². The van der Waals surface area contributed by atoms with Gasteiger partial charge in [0.05, 0.1) is 24.5 Å². The maximum absolute atomic E-state index is 12.8. The van der Waals surface area contributed by atoms with Crippen LogP contribution in [0.15, 0.2) is 48.5 Å². The predicted molar refractivity (Wildman–Crippen MR) is 112 cm³/mol. The number of anilines is 1. The molecule has 1 N–H and O–H groups in total. The van der Waals surface area contributed by atoms with E-state index in [-0.39, 0.29) is 18.4 Å². The molecular weight excluding hydrogens is 368 g/mol. The van der Waals surface area contributed by atoms with Gasteiger partial charge in [-0.05, 0) is 42.2 Å². The van der Waals surface area contributed by atoms with Gasteiger partial charge in [-0.2, -0.15) is 0 Å². The summed E-state index contributed by atoms with van der Waals surface area (Å²) in [5.74, 6) is 0.724. The van der Waals surface area contributed by atoms with E-state index in [9.17, 15) is 9.59 Å².